The first-order valence-electron chi connectivity index (χ1n) is 5.11. The summed E-state index contributed by atoms with van der Waals surface area (Å²) in [5, 5.41) is 9.28. The highest BCUT2D eigenvalue weighted by molar-refractivity contribution is 5.28. The lowest BCUT2D eigenvalue weighted by Gasteiger charge is -2.21. The van der Waals surface area contributed by atoms with Crippen molar-refractivity contribution in [2.24, 2.45) is 11.1 Å². The molecule has 2 heteroatoms. The van der Waals surface area contributed by atoms with Gasteiger partial charge in [-0.15, -0.1) is 0 Å². The van der Waals surface area contributed by atoms with Crippen molar-refractivity contribution in [1.82, 2.24) is 0 Å². The predicted octanol–water partition coefficient (Wildman–Crippen LogP) is 1.77. The predicted molar refractivity (Wildman–Crippen MR) is 56.9 cm³/mol. The van der Waals surface area contributed by atoms with Crippen molar-refractivity contribution >= 4 is 0 Å². The molecule has 1 aliphatic rings. The van der Waals surface area contributed by atoms with E-state index in [4.69, 9.17) is 5.73 Å². The fraction of sp³-hybridized carbons (Fsp3) is 0.500. The number of aryl methyl sites for hydroxylation is 1. The van der Waals surface area contributed by atoms with Crippen LogP contribution in [0.15, 0.2) is 24.3 Å². The van der Waals surface area contributed by atoms with E-state index in [2.05, 4.69) is 19.1 Å². The van der Waals surface area contributed by atoms with E-state index in [0.29, 0.717) is 0 Å². The van der Waals surface area contributed by atoms with Crippen molar-refractivity contribution in [3.63, 3.8) is 0 Å². The third-order valence-electron chi connectivity index (χ3n) is 3.27. The second-order valence-electron chi connectivity index (χ2n) is 4.41. The molecule has 1 aromatic carbocycles. The molecular formula is C12H17NO. The Morgan fingerprint density at radius 3 is 2.71 bits per heavy atom. The molecule has 0 aromatic heterocycles. The third-order valence-corrected chi connectivity index (χ3v) is 3.27. The number of aliphatic hydroxyl groups excluding tert-OH is 1. The first-order chi connectivity index (χ1) is 6.68. The number of rotatable bonds is 3. The summed E-state index contributed by atoms with van der Waals surface area (Å²) in [6.07, 6.45) is 2.11. The zero-order chi connectivity index (χ0) is 10.2. The topological polar surface area (TPSA) is 46.2 Å². The normalized spacial score (nSPS) is 20.5. The van der Waals surface area contributed by atoms with E-state index < -0.39 is 0 Å². The molecule has 1 aromatic rings. The van der Waals surface area contributed by atoms with Gasteiger partial charge in [0.2, 0.25) is 0 Å². The van der Waals surface area contributed by atoms with E-state index in [-0.39, 0.29) is 18.1 Å². The molecule has 0 aliphatic heterocycles. The number of benzene rings is 1. The fourth-order valence-corrected chi connectivity index (χ4v) is 1.95. The average molecular weight is 191 g/mol. The molecule has 0 saturated heterocycles. The van der Waals surface area contributed by atoms with Crippen LogP contribution in [0.5, 0.6) is 0 Å². The maximum atomic E-state index is 9.28. The van der Waals surface area contributed by atoms with Crippen LogP contribution in [0.4, 0.5) is 0 Å². The summed E-state index contributed by atoms with van der Waals surface area (Å²) in [5.74, 6) is 0. The van der Waals surface area contributed by atoms with Gasteiger partial charge in [0.25, 0.3) is 0 Å². The van der Waals surface area contributed by atoms with E-state index in [1.165, 1.54) is 5.56 Å². The van der Waals surface area contributed by atoms with Gasteiger partial charge in [0.15, 0.2) is 0 Å². The van der Waals surface area contributed by atoms with E-state index in [9.17, 15) is 5.11 Å². The Kier molecular flexibility index (Phi) is 2.33. The van der Waals surface area contributed by atoms with Gasteiger partial charge in [-0.05, 0) is 25.3 Å². The zero-order valence-corrected chi connectivity index (χ0v) is 8.53. The van der Waals surface area contributed by atoms with Gasteiger partial charge in [0.1, 0.15) is 0 Å². The van der Waals surface area contributed by atoms with Gasteiger partial charge in [-0.25, -0.2) is 0 Å². The molecule has 3 N–H and O–H groups in total. The quantitative estimate of drug-likeness (QED) is 0.764. The molecular weight excluding hydrogens is 174 g/mol. The summed E-state index contributed by atoms with van der Waals surface area (Å²) in [6, 6.07) is 8.24. The van der Waals surface area contributed by atoms with Crippen LogP contribution in [0.25, 0.3) is 0 Å². The number of nitrogens with two attached hydrogens (primary N) is 1. The highest BCUT2D eigenvalue weighted by Crippen LogP contribution is 2.53. The first-order valence-corrected chi connectivity index (χ1v) is 5.11. The molecule has 1 saturated carbocycles. The summed E-state index contributed by atoms with van der Waals surface area (Å²) in [4.78, 5) is 0. The van der Waals surface area contributed by atoms with E-state index in [1.807, 2.05) is 12.1 Å². The number of aliphatic hydroxyl groups is 1. The third kappa shape index (κ3) is 1.56. The van der Waals surface area contributed by atoms with Crippen molar-refractivity contribution in [3.05, 3.63) is 35.4 Å². The van der Waals surface area contributed by atoms with Crippen LogP contribution in [0.3, 0.4) is 0 Å². The summed E-state index contributed by atoms with van der Waals surface area (Å²) >= 11 is 0. The summed E-state index contributed by atoms with van der Waals surface area (Å²) in [7, 11) is 0. The highest BCUT2D eigenvalue weighted by Gasteiger charge is 2.47. The summed E-state index contributed by atoms with van der Waals surface area (Å²) in [6.45, 7) is 2.27. The minimum absolute atomic E-state index is 0.00704. The Bertz CT molecular complexity index is 331. The van der Waals surface area contributed by atoms with Crippen molar-refractivity contribution in [1.29, 1.82) is 0 Å². The first kappa shape index (κ1) is 9.69. The van der Waals surface area contributed by atoms with E-state index in [1.54, 1.807) is 0 Å². The van der Waals surface area contributed by atoms with Crippen LogP contribution in [0.2, 0.25) is 0 Å². The lowest BCUT2D eigenvalue weighted by atomic mass is 9.91. The molecule has 0 amide bonds. The zero-order valence-electron chi connectivity index (χ0n) is 8.53. The van der Waals surface area contributed by atoms with E-state index >= 15 is 0 Å². The fourth-order valence-electron chi connectivity index (χ4n) is 1.95. The lowest BCUT2D eigenvalue weighted by Crippen LogP contribution is -2.25. The van der Waals surface area contributed by atoms with Crippen LogP contribution in [-0.2, 0) is 0 Å². The molecule has 1 aliphatic carbocycles. The monoisotopic (exact) mass is 191 g/mol. The smallest absolute Gasteiger partial charge is 0.0505 e. The molecule has 0 heterocycles. The molecule has 1 unspecified atom stereocenters. The SMILES string of the molecule is Cc1cccc(C(N)C2(CO)CC2)c1. The van der Waals surface area contributed by atoms with Crippen LogP contribution in [0, 0.1) is 12.3 Å². The van der Waals surface area contributed by atoms with Gasteiger partial charge >= 0.3 is 0 Å². The van der Waals surface area contributed by atoms with Crippen molar-refractivity contribution in [2.75, 3.05) is 6.61 Å². The molecule has 0 spiro atoms. The summed E-state index contributed by atoms with van der Waals surface area (Å²) in [5.41, 5.74) is 8.51. The Hall–Kier alpha value is -0.860. The summed E-state index contributed by atoms with van der Waals surface area (Å²) < 4.78 is 0. The average Bonchev–Trinajstić information content (AvgIpc) is 2.97. The molecule has 14 heavy (non-hydrogen) atoms. The molecule has 0 bridgehead atoms. The molecule has 2 nitrogen and oxygen atoms in total. The maximum Gasteiger partial charge on any atom is 0.0505 e. The molecule has 1 atom stereocenters. The highest BCUT2D eigenvalue weighted by atomic mass is 16.3. The second-order valence-corrected chi connectivity index (χ2v) is 4.41. The Morgan fingerprint density at radius 2 is 2.21 bits per heavy atom. The minimum Gasteiger partial charge on any atom is -0.396 e. The van der Waals surface area contributed by atoms with Gasteiger partial charge in [0.05, 0.1) is 6.61 Å². The molecule has 76 valence electrons. The Morgan fingerprint density at radius 1 is 1.50 bits per heavy atom. The van der Waals surface area contributed by atoms with Crippen LogP contribution in [-0.4, -0.2) is 11.7 Å². The molecule has 0 radical (unpaired) electrons. The molecule has 1 fully saturated rings. The van der Waals surface area contributed by atoms with Gasteiger partial charge in [-0.1, -0.05) is 29.8 Å². The van der Waals surface area contributed by atoms with Crippen molar-refractivity contribution in [2.45, 2.75) is 25.8 Å². The minimum atomic E-state index is -0.0200. The van der Waals surface area contributed by atoms with Crippen molar-refractivity contribution < 1.29 is 5.11 Å². The van der Waals surface area contributed by atoms with Crippen LogP contribution < -0.4 is 5.73 Å². The lowest BCUT2D eigenvalue weighted by molar-refractivity contribution is 0.187. The maximum absolute atomic E-state index is 9.28. The number of hydrogen-bond donors (Lipinski definition) is 2. The van der Waals surface area contributed by atoms with Gasteiger partial charge in [-0.2, -0.15) is 0 Å². The Balaban J connectivity index is 2.23. The van der Waals surface area contributed by atoms with Gasteiger partial charge < -0.3 is 10.8 Å². The number of hydrogen-bond acceptors (Lipinski definition) is 2. The van der Waals surface area contributed by atoms with Crippen LogP contribution >= 0.6 is 0 Å². The Labute approximate surface area is 84.7 Å². The van der Waals surface area contributed by atoms with Gasteiger partial charge in [0, 0.05) is 11.5 Å². The largest absolute Gasteiger partial charge is 0.396 e. The standard InChI is InChI=1S/C12H17NO/c1-9-3-2-4-10(7-9)11(13)12(8-14)5-6-12/h2-4,7,11,14H,5-6,8,13H2,1H3. The van der Waals surface area contributed by atoms with E-state index in [0.717, 1.165) is 18.4 Å². The van der Waals surface area contributed by atoms with Crippen molar-refractivity contribution in [3.8, 4) is 0 Å². The van der Waals surface area contributed by atoms with Crippen LogP contribution in [0.1, 0.15) is 30.0 Å². The second kappa shape index (κ2) is 3.37. The molecule has 2 rings (SSSR count). The van der Waals surface area contributed by atoms with Gasteiger partial charge in [-0.3, -0.25) is 0 Å².